The van der Waals surface area contributed by atoms with Crippen LogP contribution in [0.15, 0.2) is 0 Å². The fourth-order valence-corrected chi connectivity index (χ4v) is 0.452. The number of ether oxygens (including phenoxy) is 1. The predicted molar refractivity (Wildman–Crippen MR) is 36.7 cm³/mol. The van der Waals surface area contributed by atoms with Crippen LogP contribution in [0.25, 0.3) is 0 Å². The largest absolute Gasteiger partial charge is 0.435 e. The summed E-state index contributed by atoms with van der Waals surface area (Å²) in [7, 11) is 1.12. The molecular weight excluding hydrogens is 146 g/mol. The van der Waals surface area contributed by atoms with Gasteiger partial charge in [0.15, 0.2) is 5.44 Å². The lowest BCUT2D eigenvalue weighted by Gasteiger charge is -2.04. The van der Waals surface area contributed by atoms with Crippen LogP contribution in [0.1, 0.15) is 6.92 Å². The summed E-state index contributed by atoms with van der Waals surface area (Å²) in [6, 6.07) is 0. The highest BCUT2D eigenvalue weighted by atomic mass is 33.1. The van der Waals surface area contributed by atoms with E-state index in [-0.39, 0.29) is 5.44 Å². The number of nitrogens with two attached hydrogens (primary N) is 1. The number of thiol groups is 1. The van der Waals surface area contributed by atoms with Gasteiger partial charge in [0.05, 0.1) is 0 Å². The molecule has 0 rings (SSSR count). The van der Waals surface area contributed by atoms with Crippen LogP contribution in [0.2, 0.25) is 0 Å². The molecule has 5 heteroatoms. The van der Waals surface area contributed by atoms with Crippen LogP contribution in [0, 0.1) is 0 Å². The molecule has 1 atom stereocenters. The maximum Gasteiger partial charge on any atom is 0.405 e. The van der Waals surface area contributed by atoms with Crippen molar-refractivity contribution in [1.29, 1.82) is 0 Å². The van der Waals surface area contributed by atoms with E-state index in [1.54, 1.807) is 6.92 Å². The van der Waals surface area contributed by atoms with Crippen molar-refractivity contribution in [2.45, 2.75) is 12.4 Å². The molecule has 0 fully saturated rings. The Balaban J connectivity index is 3.24. The number of carbonyl (C=O) groups excluding carboxylic acids is 1. The maximum atomic E-state index is 9.92. The van der Waals surface area contributed by atoms with E-state index in [2.05, 4.69) is 22.1 Å². The summed E-state index contributed by atoms with van der Waals surface area (Å²) in [5, 5.41) is 0. The first-order chi connectivity index (χ1) is 3.66. The van der Waals surface area contributed by atoms with Crippen molar-refractivity contribution in [3.63, 3.8) is 0 Å². The molecule has 0 heterocycles. The minimum absolute atomic E-state index is 0.268. The van der Waals surface area contributed by atoms with Crippen LogP contribution >= 0.6 is 22.5 Å². The summed E-state index contributed by atoms with van der Waals surface area (Å²) in [6.07, 6.45) is -0.765. The molecule has 0 saturated carbocycles. The number of hydrogen-bond acceptors (Lipinski definition) is 4. The summed E-state index contributed by atoms with van der Waals surface area (Å²) in [5.41, 5.74) is 4.39. The Morgan fingerprint density at radius 2 is 2.50 bits per heavy atom. The zero-order valence-electron chi connectivity index (χ0n) is 4.33. The number of rotatable bonds is 2. The lowest BCUT2D eigenvalue weighted by atomic mass is 10.8. The third-order valence-corrected chi connectivity index (χ3v) is 1.71. The van der Waals surface area contributed by atoms with Crippen LogP contribution in [0.4, 0.5) is 4.79 Å². The van der Waals surface area contributed by atoms with E-state index < -0.39 is 6.09 Å². The monoisotopic (exact) mass is 153 g/mol. The first kappa shape index (κ1) is 7.97. The topological polar surface area (TPSA) is 52.3 Å². The van der Waals surface area contributed by atoms with Gasteiger partial charge in [0.25, 0.3) is 0 Å². The molecule has 0 aromatic carbocycles. The summed E-state index contributed by atoms with van der Waals surface area (Å²) in [4.78, 5) is 9.92. The van der Waals surface area contributed by atoms with Gasteiger partial charge in [0.1, 0.15) is 0 Å². The van der Waals surface area contributed by atoms with Gasteiger partial charge in [-0.2, -0.15) is 0 Å². The fourth-order valence-electron chi connectivity index (χ4n) is 0.185. The van der Waals surface area contributed by atoms with Crippen molar-refractivity contribution in [3.8, 4) is 0 Å². The van der Waals surface area contributed by atoms with E-state index in [1.807, 2.05) is 0 Å². The highest BCUT2D eigenvalue weighted by molar-refractivity contribution is 8.68. The minimum Gasteiger partial charge on any atom is -0.435 e. The van der Waals surface area contributed by atoms with Crippen molar-refractivity contribution >= 4 is 28.5 Å². The summed E-state index contributed by atoms with van der Waals surface area (Å²) in [5.74, 6) is 0. The van der Waals surface area contributed by atoms with Crippen molar-refractivity contribution < 1.29 is 9.53 Å². The van der Waals surface area contributed by atoms with E-state index in [0.717, 1.165) is 10.8 Å². The Hall–Kier alpha value is -0.0300. The van der Waals surface area contributed by atoms with Crippen LogP contribution in [0.5, 0.6) is 0 Å². The van der Waals surface area contributed by atoms with Crippen LogP contribution in [0.3, 0.4) is 0 Å². The summed E-state index contributed by atoms with van der Waals surface area (Å²) < 4.78 is 4.42. The highest BCUT2D eigenvalue weighted by Crippen LogP contribution is 2.14. The highest BCUT2D eigenvalue weighted by Gasteiger charge is 2.01. The molecule has 0 bridgehead atoms. The van der Waals surface area contributed by atoms with E-state index >= 15 is 0 Å². The second-order valence-electron chi connectivity index (χ2n) is 1.11. The van der Waals surface area contributed by atoms with Crippen LogP contribution < -0.4 is 5.73 Å². The van der Waals surface area contributed by atoms with Gasteiger partial charge in [-0.25, -0.2) is 4.79 Å². The molecule has 1 amide bonds. The SMILES string of the molecule is CC(OC(N)=O)SS. The third kappa shape index (κ3) is 4.14. The molecule has 0 spiro atoms. The number of carbonyl (C=O) groups is 1. The zero-order chi connectivity index (χ0) is 6.57. The van der Waals surface area contributed by atoms with E-state index in [0.29, 0.717) is 0 Å². The molecule has 48 valence electrons. The predicted octanol–water partition coefficient (Wildman–Crippen LogP) is 1.01. The molecular formula is C3H7NO2S2. The smallest absolute Gasteiger partial charge is 0.405 e. The lowest BCUT2D eigenvalue weighted by Crippen LogP contribution is -2.17. The third-order valence-electron chi connectivity index (χ3n) is 0.431. The average Bonchev–Trinajstić information content (AvgIpc) is 1.65. The quantitative estimate of drug-likeness (QED) is 0.353. The zero-order valence-corrected chi connectivity index (χ0v) is 6.04. The Labute approximate surface area is 56.8 Å². The molecule has 8 heavy (non-hydrogen) atoms. The van der Waals surface area contributed by atoms with Crippen LogP contribution in [-0.4, -0.2) is 11.5 Å². The number of primary amides is 1. The first-order valence-corrected chi connectivity index (χ1v) is 3.86. The second kappa shape index (κ2) is 3.91. The Bertz CT molecular complexity index is 87.4. The second-order valence-corrected chi connectivity index (χ2v) is 2.62. The van der Waals surface area contributed by atoms with Gasteiger partial charge in [-0.3, -0.25) is 0 Å². The maximum absolute atomic E-state index is 9.92. The fraction of sp³-hybridized carbons (Fsp3) is 0.667. The molecule has 3 nitrogen and oxygen atoms in total. The number of hydrogen-bond donors (Lipinski definition) is 2. The molecule has 0 radical (unpaired) electrons. The summed E-state index contributed by atoms with van der Waals surface area (Å²) in [6.45, 7) is 1.68. The minimum atomic E-state index is -0.765. The first-order valence-electron chi connectivity index (χ1n) is 1.93. The molecule has 0 aromatic heterocycles. The van der Waals surface area contributed by atoms with E-state index in [9.17, 15) is 4.79 Å². The van der Waals surface area contributed by atoms with Crippen LogP contribution in [-0.2, 0) is 4.74 Å². The molecule has 0 aliphatic rings. The molecule has 1 unspecified atom stereocenters. The standard InChI is InChI=1S/C3H7NO2S2/c1-2(8-7)6-3(4)5/h2,7H,1H3,(H2,4,5). The summed E-state index contributed by atoms with van der Waals surface area (Å²) >= 11 is 3.77. The van der Waals surface area contributed by atoms with Gasteiger partial charge in [-0.1, -0.05) is 10.8 Å². The van der Waals surface area contributed by atoms with Crippen molar-refractivity contribution in [1.82, 2.24) is 0 Å². The van der Waals surface area contributed by atoms with Gasteiger partial charge in [-0.05, 0) is 6.92 Å². The van der Waals surface area contributed by atoms with Gasteiger partial charge in [0, 0.05) is 0 Å². The van der Waals surface area contributed by atoms with Crippen molar-refractivity contribution in [3.05, 3.63) is 0 Å². The van der Waals surface area contributed by atoms with E-state index in [1.165, 1.54) is 0 Å². The lowest BCUT2D eigenvalue weighted by molar-refractivity contribution is 0.152. The average molecular weight is 153 g/mol. The number of amides is 1. The van der Waals surface area contributed by atoms with Gasteiger partial charge >= 0.3 is 6.09 Å². The van der Waals surface area contributed by atoms with Gasteiger partial charge < -0.3 is 10.5 Å². The van der Waals surface area contributed by atoms with Crippen molar-refractivity contribution in [2.24, 2.45) is 5.73 Å². The Morgan fingerprint density at radius 3 is 2.62 bits per heavy atom. The molecule has 2 N–H and O–H groups in total. The molecule has 0 aliphatic heterocycles. The molecule has 0 aromatic rings. The van der Waals surface area contributed by atoms with Gasteiger partial charge in [0.2, 0.25) is 0 Å². The Morgan fingerprint density at radius 1 is 2.00 bits per heavy atom. The van der Waals surface area contributed by atoms with E-state index in [4.69, 9.17) is 0 Å². The normalized spacial score (nSPS) is 12.8. The van der Waals surface area contributed by atoms with Crippen molar-refractivity contribution in [2.75, 3.05) is 0 Å². The van der Waals surface area contributed by atoms with Gasteiger partial charge in [-0.15, -0.1) is 11.7 Å². The Kier molecular flexibility index (Phi) is 3.90. The molecule has 0 saturated heterocycles. The molecule has 0 aliphatic carbocycles.